The third-order valence-electron chi connectivity index (χ3n) is 7.52. The van der Waals surface area contributed by atoms with Gasteiger partial charge in [0, 0.05) is 38.2 Å². The van der Waals surface area contributed by atoms with Gasteiger partial charge in [-0.15, -0.1) is 0 Å². The smallest absolute Gasteiger partial charge is 0.253 e. The van der Waals surface area contributed by atoms with E-state index in [9.17, 15) is 23.1 Å². The lowest BCUT2D eigenvalue weighted by Gasteiger charge is -2.31. The lowest BCUT2D eigenvalue weighted by Crippen LogP contribution is -2.51. The number of carbonyl (C=O) groups is 2. The van der Waals surface area contributed by atoms with Gasteiger partial charge in [0.2, 0.25) is 10.0 Å². The number of nitrogens with zero attached hydrogens (tertiary/aromatic N) is 3. The lowest BCUT2D eigenvalue weighted by atomic mass is 10.00. The molecule has 4 rings (SSSR count). The number of aliphatic hydroxyl groups excluding tert-OH is 1. The van der Waals surface area contributed by atoms with E-state index < -0.39 is 28.1 Å². The zero-order chi connectivity index (χ0) is 34.1. The van der Waals surface area contributed by atoms with Crippen molar-refractivity contribution in [1.82, 2.24) is 19.5 Å². The Morgan fingerprint density at radius 2 is 1.66 bits per heavy atom. The molecule has 2 atom stereocenters. The second-order valence-corrected chi connectivity index (χ2v) is 13.8. The Labute approximate surface area is 276 Å². The third kappa shape index (κ3) is 9.50. The molecule has 12 heteroatoms. The van der Waals surface area contributed by atoms with Crippen molar-refractivity contribution in [2.24, 2.45) is 5.92 Å². The van der Waals surface area contributed by atoms with E-state index in [1.807, 2.05) is 44.2 Å². The van der Waals surface area contributed by atoms with Crippen LogP contribution in [0.15, 0.2) is 94.4 Å². The van der Waals surface area contributed by atoms with Crippen molar-refractivity contribution in [3.8, 4) is 5.75 Å². The molecule has 3 aromatic carbocycles. The summed E-state index contributed by atoms with van der Waals surface area (Å²) in [4.78, 5) is 32.6. The lowest BCUT2D eigenvalue weighted by molar-refractivity contribution is 0.0775. The molecule has 0 aliphatic heterocycles. The molecule has 1 heterocycles. The number of carbonyl (C=O) groups excluding carboxylic acids is 2. The van der Waals surface area contributed by atoms with Crippen molar-refractivity contribution >= 4 is 21.8 Å². The van der Waals surface area contributed by atoms with Crippen LogP contribution in [0, 0.1) is 12.8 Å². The number of aliphatic hydroxyl groups is 1. The number of rotatable bonds is 15. The molecule has 0 spiro atoms. The summed E-state index contributed by atoms with van der Waals surface area (Å²) in [5.41, 5.74) is 1.97. The Bertz CT molecular complexity index is 1740. The summed E-state index contributed by atoms with van der Waals surface area (Å²) in [6.07, 6.45) is 0.462. The Morgan fingerprint density at radius 3 is 2.28 bits per heavy atom. The molecule has 1 aromatic heterocycles. The molecule has 2 N–H and O–H groups in total. The first-order valence-corrected chi connectivity index (χ1v) is 16.7. The highest BCUT2D eigenvalue weighted by Gasteiger charge is 2.31. The highest BCUT2D eigenvalue weighted by molar-refractivity contribution is 7.89. The molecule has 0 fully saturated rings. The number of sulfonamides is 1. The van der Waals surface area contributed by atoms with Crippen molar-refractivity contribution in [3.05, 3.63) is 113 Å². The molecule has 250 valence electrons. The third-order valence-corrected chi connectivity index (χ3v) is 9.37. The molecule has 2 amide bonds. The molecule has 0 aliphatic carbocycles. The number of oxazole rings is 1. The van der Waals surface area contributed by atoms with E-state index in [2.05, 4.69) is 10.3 Å². The van der Waals surface area contributed by atoms with E-state index in [0.717, 1.165) is 5.56 Å². The predicted molar refractivity (Wildman–Crippen MR) is 177 cm³/mol. The fourth-order valence-corrected chi connectivity index (χ4v) is 6.74. The van der Waals surface area contributed by atoms with Crippen molar-refractivity contribution in [1.29, 1.82) is 0 Å². The fraction of sp³-hybridized carbons (Fsp3) is 0.343. The van der Waals surface area contributed by atoms with Crippen LogP contribution in [0.2, 0.25) is 0 Å². The Hall–Kier alpha value is -4.52. The van der Waals surface area contributed by atoms with Gasteiger partial charge in [-0.05, 0) is 60.4 Å². The van der Waals surface area contributed by atoms with Gasteiger partial charge in [-0.1, -0.05) is 50.2 Å². The quantitative estimate of drug-likeness (QED) is 0.192. The van der Waals surface area contributed by atoms with Gasteiger partial charge in [0.1, 0.15) is 12.0 Å². The van der Waals surface area contributed by atoms with Crippen LogP contribution < -0.4 is 10.1 Å². The average Bonchev–Trinajstić information content (AvgIpc) is 3.47. The standard InChI is InChI=1S/C35H42N4O7S/c1-24(2)20-39(47(43,44)31-16-14-30(45-5)15-17-31)22-33(40)32(18-26-10-7-6-8-11-26)37-34(41)27-12-9-13-28(19-27)35(42)38(4)21-29-23-46-25(3)36-29/h6-17,19,23-24,32-33,40H,18,20-22H2,1-5H3,(H,37,41)/t32-,33+/m0/s1. The number of nitrogens with one attached hydrogen (secondary N) is 1. The van der Waals surface area contributed by atoms with E-state index in [1.54, 1.807) is 44.3 Å². The number of hydrogen-bond donors (Lipinski definition) is 2. The monoisotopic (exact) mass is 662 g/mol. The Morgan fingerprint density at radius 1 is 0.979 bits per heavy atom. The van der Waals surface area contributed by atoms with Gasteiger partial charge in [0.25, 0.3) is 11.8 Å². The maximum absolute atomic E-state index is 13.7. The summed E-state index contributed by atoms with van der Waals surface area (Å²) in [5, 5.41) is 14.5. The molecular formula is C35H42N4O7S. The molecule has 0 bridgehead atoms. The number of hydrogen-bond acceptors (Lipinski definition) is 8. The summed E-state index contributed by atoms with van der Waals surface area (Å²) in [5.74, 6) is 0.158. The summed E-state index contributed by atoms with van der Waals surface area (Å²) in [7, 11) is -0.862. The van der Waals surface area contributed by atoms with Gasteiger partial charge in [-0.3, -0.25) is 9.59 Å². The minimum absolute atomic E-state index is 0.0379. The predicted octanol–water partition coefficient (Wildman–Crippen LogP) is 4.31. The second-order valence-electron chi connectivity index (χ2n) is 11.8. The average molecular weight is 663 g/mol. The molecule has 0 saturated heterocycles. The first-order valence-electron chi connectivity index (χ1n) is 15.3. The van der Waals surface area contributed by atoms with Crippen LogP contribution in [0.4, 0.5) is 0 Å². The minimum Gasteiger partial charge on any atom is -0.497 e. The van der Waals surface area contributed by atoms with Gasteiger partial charge < -0.3 is 24.5 Å². The van der Waals surface area contributed by atoms with Crippen molar-refractivity contribution in [2.45, 2.75) is 50.8 Å². The van der Waals surface area contributed by atoms with Crippen molar-refractivity contribution in [3.63, 3.8) is 0 Å². The van der Waals surface area contributed by atoms with Gasteiger partial charge >= 0.3 is 0 Å². The zero-order valence-corrected chi connectivity index (χ0v) is 28.1. The molecule has 0 saturated carbocycles. The minimum atomic E-state index is -4.00. The molecule has 4 aromatic rings. The number of benzene rings is 3. The highest BCUT2D eigenvalue weighted by atomic mass is 32.2. The number of aromatic nitrogens is 1. The zero-order valence-electron chi connectivity index (χ0n) is 27.3. The van der Waals surface area contributed by atoms with E-state index in [1.165, 1.54) is 40.8 Å². The van der Waals surface area contributed by atoms with Gasteiger partial charge in [0.15, 0.2) is 5.89 Å². The van der Waals surface area contributed by atoms with Crippen LogP contribution in [-0.2, 0) is 23.0 Å². The van der Waals surface area contributed by atoms with Crippen LogP contribution >= 0.6 is 0 Å². The maximum atomic E-state index is 13.7. The first kappa shape index (κ1) is 35.3. The number of aryl methyl sites for hydroxylation is 1. The SMILES string of the molecule is COc1ccc(S(=O)(=O)N(CC(C)C)C[C@@H](O)[C@H](Cc2ccccc2)NC(=O)c2cccc(C(=O)N(C)Cc3coc(C)n3)c2)cc1. The van der Waals surface area contributed by atoms with Crippen LogP contribution in [0.25, 0.3) is 0 Å². The number of methoxy groups -OCH3 is 1. The van der Waals surface area contributed by atoms with E-state index in [4.69, 9.17) is 9.15 Å². The molecule has 11 nitrogen and oxygen atoms in total. The molecule has 0 unspecified atom stereocenters. The molecule has 0 radical (unpaired) electrons. The number of amides is 2. The first-order chi connectivity index (χ1) is 22.4. The van der Waals surface area contributed by atoms with Crippen LogP contribution in [0.5, 0.6) is 5.75 Å². The number of ether oxygens (including phenoxy) is 1. The van der Waals surface area contributed by atoms with Crippen LogP contribution in [0.1, 0.15) is 51.7 Å². The normalized spacial score (nSPS) is 12.9. The van der Waals surface area contributed by atoms with E-state index in [0.29, 0.717) is 22.9 Å². The molecule has 0 aliphatic rings. The second kappa shape index (κ2) is 15.9. The summed E-state index contributed by atoms with van der Waals surface area (Å²) >= 11 is 0. The Kier molecular flexibility index (Phi) is 11.9. The van der Waals surface area contributed by atoms with Gasteiger partial charge in [0.05, 0.1) is 36.4 Å². The topological polar surface area (TPSA) is 142 Å². The van der Waals surface area contributed by atoms with Crippen molar-refractivity contribution in [2.75, 3.05) is 27.2 Å². The molecule has 47 heavy (non-hydrogen) atoms. The van der Waals surface area contributed by atoms with Gasteiger partial charge in [-0.25, -0.2) is 13.4 Å². The highest BCUT2D eigenvalue weighted by Crippen LogP contribution is 2.22. The van der Waals surface area contributed by atoms with E-state index >= 15 is 0 Å². The molecular weight excluding hydrogens is 620 g/mol. The summed E-state index contributed by atoms with van der Waals surface area (Å²) in [6, 6.07) is 20.8. The summed E-state index contributed by atoms with van der Waals surface area (Å²) < 4.78 is 39.1. The van der Waals surface area contributed by atoms with Gasteiger partial charge in [-0.2, -0.15) is 4.31 Å². The summed E-state index contributed by atoms with van der Waals surface area (Å²) in [6.45, 7) is 5.63. The van der Waals surface area contributed by atoms with Crippen molar-refractivity contribution < 1.29 is 32.3 Å². The van der Waals surface area contributed by atoms with Crippen LogP contribution in [0.3, 0.4) is 0 Å². The largest absolute Gasteiger partial charge is 0.497 e. The maximum Gasteiger partial charge on any atom is 0.253 e. The Balaban J connectivity index is 1.56. The fourth-order valence-electron chi connectivity index (χ4n) is 5.12. The van der Waals surface area contributed by atoms with Crippen LogP contribution in [-0.4, -0.2) is 78.9 Å². The van der Waals surface area contributed by atoms with E-state index in [-0.39, 0.29) is 48.3 Å².